The van der Waals surface area contributed by atoms with Gasteiger partial charge in [0.2, 0.25) is 0 Å². The molecule has 0 aliphatic carbocycles. The highest BCUT2D eigenvalue weighted by molar-refractivity contribution is 7.46. The maximum atomic E-state index is 11.4. The van der Waals surface area contributed by atoms with E-state index in [0.29, 0.717) is 0 Å². The monoisotopic (exact) mass is 294 g/mol. The van der Waals surface area contributed by atoms with Gasteiger partial charge in [-0.3, -0.25) is 4.52 Å². The van der Waals surface area contributed by atoms with Gasteiger partial charge in [-0.05, 0) is 18.8 Å². The summed E-state index contributed by atoms with van der Waals surface area (Å²) in [6.45, 7) is 11.7. The quantitative estimate of drug-likeness (QED) is 0.425. The van der Waals surface area contributed by atoms with Crippen molar-refractivity contribution >= 4 is 13.8 Å². The standard InChI is InChI=1S/C12H23O6P/c1-8(2)11(13)17-7-12(9(3)4,10(5)6)18-19(14,15)16/h9-10H,1,7H2,2-6H3,(H2,14,15,16). The fourth-order valence-corrected chi connectivity index (χ4v) is 2.68. The van der Waals surface area contributed by atoms with Gasteiger partial charge in [-0.1, -0.05) is 34.3 Å². The van der Waals surface area contributed by atoms with Gasteiger partial charge in [0, 0.05) is 5.57 Å². The minimum Gasteiger partial charge on any atom is -0.459 e. The van der Waals surface area contributed by atoms with Crippen molar-refractivity contribution in [2.45, 2.75) is 40.2 Å². The molecule has 0 rings (SSSR count). The summed E-state index contributed by atoms with van der Waals surface area (Å²) in [6.07, 6.45) is 0. The van der Waals surface area contributed by atoms with Crippen molar-refractivity contribution in [1.82, 2.24) is 0 Å². The van der Waals surface area contributed by atoms with Crippen LogP contribution >= 0.6 is 7.82 Å². The fraction of sp³-hybridized carbons (Fsp3) is 0.750. The van der Waals surface area contributed by atoms with Crippen LogP contribution in [0.4, 0.5) is 0 Å². The molecular formula is C12H23O6P. The van der Waals surface area contributed by atoms with Crippen molar-refractivity contribution < 1.29 is 28.4 Å². The lowest BCUT2D eigenvalue weighted by molar-refractivity contribution is -0.153. The van der Waals surface area contributed by atoms with Crippen molar-refractivity contribution in [3.63, 3.8) is 0 Å². The minimum absolute atomic E-state index is 0.220. The van der Waals surface area contributed by atoms with E-state index in [2.05, 4.69) is 6.58 Å². The summed E-state index contributed by atoms with van der Waals surface area (Å²) in [5.74, 6) is -1.11. The Bertz CT molecular complexity index is 374. The highest BCUT2D eigenvalue weighted by Crippen LogP contribution is 2.47. The van der Waals surface area contributed by atoms with Crippen molar-refractivity contribution in [2.75, 3.05) is 6.61 Å². The van der Waals surface area contributed by atoms with Gasteiger partial charge < -0.3 is 14.5 Å². The van der Waals surface area contributed by atoms with Crippen LogP contribution in [-0.4, -0.2) is 28.0 Å². The van der Waals surface area contributed by atoms with Crippen LogP contribution in [0.2, 0.25) is 0 Å². The number of hydrogen-bond acceptors (Lipinski definition) is 4. The lowest BCUT2D eigenvalue weighted by atomic mass is 9.81. The molecule has 0 amide bonds. The van der Waals surface area contributed by atoms with Crippen LogP contribution in [0.25, 0.3) is 0 Å². The summed E-state index contributed by atoms with van der Waals surface area (Å²) in [4.78, 5) is 29.5. The number of rotatable bonds is 7. The van der Waals surface area contributed by atoms with E-state index in [4.69, 9.17) is 19.0 Å². The normalized spacial score (nSPS) is 12.9. The topological polar surface area (TPSA) is 93.1 Å². The number of carbonyl (C=O) groups is 1. The molecule has 0 aromatic heterocycles. The zero-order valence-electron chi connectivity index (χ0n) is 12.0. The highest BCUT2D eigenvalue weighted by atomic mass is 31.2. The van der Waals surface area contributed by atoms with Crippen LogP contribution < -0.4 is 0 Å². The Kier molecular flexibility index (Phi) is 6.42. The first kappa shape index (κ1) is 18.3. The van der Waals surface area contributed by atoms with Gasteiger partial charge in [0.1, 0.15) is 12.2 Å². The van der Waals surface area contributed by atoms with E-state index in [9.17, 15) is 9.36 Å². The second-order valence-corrected chi connectivity index (χ2v) is 6.37. The summed E-state index contributed by atoms with van der Waals surface area (Å²) in [7, 11) is -4.69. The van der Waals surface area contributed by atoms with Crippen LogP contribution in [0.3, 0.4) is 0 Å². The molecule has 6 nitrogen and oxygen atoms in total. The third-order valence-electron chi connectivity index (χ3n) is 3.02. The average Bonchev–Trinajstić information content (AvgIpc) is 2.20. The molecule has 2 N–H and O–H groups in total. The molecule has 7 heteroatoms. The van der Waals surface area contributed by atoms with E-state index in [1.54, 1.807) is 27.7 Å². The number of ether oxygens (including phenoxy) is 1. The number of esters is 1. The highest BCUT2D eigenvalue weighted by Gasteiger charge is 2.45. The molecule has 0 spiro atoms. The van der Waals surface area contributed by atoms with Gasteiger partial charge >= 0.3 is 13.8 Å². The van der Waals surface area contributed by atoms with Gasteiger partial charge in [-0.25, -0.2) is 9.36 Å². The summed E-state index contributed by atoms with van der Waals surface area (Å²) in [5, 5.41) is 0. The molecule has 0 aromatic rings. The lowest BCUT2D eigenvalue weighted by Crippen LogP contribution is -2.47. The van der Waals surface area contributed by atoms with Crippen LogP contribution in [0.5, 0.6) is 0 Å². The lowest BCUT2D eigenvalue weighted by Gasteiger charge is -2.40. The molecule has 19 heavy (non-hydrogen) atoms. The molecule has 0 saturated carbocycles. The Hall–Kier alpha value is -0.680. The maximum Gasteiger partial charge on any atom is 0.470 e. The van der Waals surface area contributed by atoms with Gasteiger partial charge in [0.25, 0.3) is 0 Å². The first-order chi connectivity index (χ1) is 8.42. The zero-order chi connectivity index (χ0) is 15.4. The largest absolute Gasteiger partial charge is 0.470 e. The SMILES string of the molecule is C=C(C)C(=O)OCC(OP(=O)(O)O)(C(C)C)C(C)C. The fourth-order valence-electron chi connectivity index (χ4n) is 1.76. The van der Waals surface area contributed by atoms with Crippen molar-refractivity contribution in [3.05, 3.63) is 12.2 Å². The summed E-state index contributed by atoms with van der Waals surface area (Å²) in [5.41, 5.74) is -1.03. The van der Waals surface area contributed by atoms with Crippen LogP contribution in [0.1, 0.15) is 34.6 Å². The zero-order valence-corrected chi connectivity index (χ0v) is 12.9. The molecule has 0 radical (unpaired) electrons. The summed E-state index contributed by atoms with van der Waals surface area (Å²) >= 11 is 0. The van der Waals surface area contributed by atoms with E-state index in [1.165, 1.54) is 6.92 Å². The first-order valence-electron chi connectivity index (χ1n) is 6.01. The molecule has 0 aliphatic rings. The van der Waals surface area contributed by atoms with Gasteiger partial charge in [-0.15, -0.1) is 0 Å². The smallest absolute Gasteiger partial charge is 0.459 e. The van der Waals surface area contributed by atoms with E-state index in [-0.39, 0.29) is 24.0 Å². The Morgan fingerprint density at radius 3 is 1.95 bits per heavy atom. The second-order valence-electron chi connectivity index (χ2n) is 5.20. The number of phosphoric acid groups is 1. The summed E-state index contributed by atoms with van der Waals surface area (Å²) < 4.78 is 21.1. The number of phosphoric ester groups is 1. The Labute approximate surface area is 114 Å². The van der Waals surface area contributed by atoms with E-state index in [1.807, 2.05) is 0 Å². The molecule has 0 bridgehead atoms. The third-order valence-corrected chi connectivity index (χ3v) is 3.60. The van der Waals surface area contributed by atoms with Crippen LogP contribution in [0.15, 0.2) is 12.2 Å². The molecule has 0 fully saturated rings. The first-order valence-corrected chi connectivity index (χ1v) is 7.54. The third kappa shape index (κ3) is 5.45. The van der Waals surface area contributed by atoms with Gasteiger partial charge in [0.05, 0.1) is 0 Å². The Morgan fingerprint density at radius 1 is 1.26 bits per heavy atom. The van der Waals surface area contributed by atoms with Crippen molar-refractivity contribution in [2.24, 2.45) is 11.8 Å². The van der Waals surface area contributed by atoms with Crippen LogP contribution in [0, 0.1) is 11.8 Å². The molecule has 0 aliphatic heterocycles. The number of hydrogen-bond donors (Lipinski definition) is 2. The average molecular weight is 294 g/mol. The molecule has 0 aromatic carbocycles. The molecule has 0 heterocycles. The van der Waals surface area contributed by atoms with Crippen molar-refractivity contribution in [1.29, 1.82) is 0 Å². The maximum absolute atomic E-state index is 11.4. The molecule has 0 unspecified atom stereocenters. The molecule has 112 valence electrons. The predicted octanol–water partition coefficient (Wildman–Crippen LogP) is 2.27. The van der Waals surface area contributed by atoms with E-state index in [0.717, 1.165) is 0 Å². The van der Waals surface area contributed by atoms with E-state index >= 15 is 0 Å². The van der Waals surface area contributed by atoms with Crippen molar-refractivity contribution in [3.8, 4) is 0 Å². The Morgan fingerprint density at radius 2 is 1.68 bits per heavy atom. The van der Waals surface area contributed by atoms with Crippen LogP contribution in [-0.2, 0) is 18.6 Å². The second kappa shape index (κ2) is 6.66. The van der Waals surface area contributed by atoms with E-state index < -0.39 is 19.4 Å². The molecule has 0 saturated heterocycles. The minimum atomic E-state index is -4.69. The van der Waals surface area contributed by atoms with Gasteiger partial charge in [-0.2, -0.15) is 0 Å². The molecule has 0 atom stereocenters. The summed E-state index contributed by atoms with van der Waals surface area (Å²) in [6, 6.07) is 0. The Balaban J connectivity index is 5.20. The molecular weight excluding hydrogens is 271 g/mol. The predicted molar refractivity (Wildman–Crippen MR) is 71.3 cm³/mol. The number of carbonyl (C=O) groups excluding carboxylic acids is 1. The van der Waals surface area contributed by atoms with Gasteiger partial charge in [0.15, 0.2) is 0 Å².